The molecule has 1 aliphatic heterocycles. The first-order valence-corrected chi connectivity index (χ1v) is 11.5. The van der Waals surface area contributed by atoms with Crippen LogP contribution in [0.1, 0.15) is 51.0 Å². The third-order valence-corrected chi connectivity index (χ3v) is 7.35. The number of nitrogens with zero attached hydrogens (tertiary/aromatic N) is 2. The van der Waals surface area contributed by atoms with Gasteiger partial charge in [-0.1, -0.05) is 31.5 Å². The van der Waals surface area contributed by atoms with Crippen LogP contribution < -0.4 is 10.2 Å². The average molecular weight is 384 g/mol. The number of amides is 1. The molecule has 1 heterocycles. The van der Waals surface area contributed by atoms with Crippen LogP contribution in [0.3, 0.4) is 0 Å². The molecule has 0 aromatic heterocycles. The van der Waals surface area contributed by atoms with Crippen molar-refractivity contribution in [2.24, 2.45) is 17.8 Å². The maximum atomic E-state index is 12.6. The molecular weight excluding hydrogens is 346 g/mol. The van der Waals surface area contributed by atoms with Gasteiger partial charge >= 0.3 is 0 Å². The number of carbonyl (C=O) groups excluding carboxylic acids is 1. The predicted octanol–water partition coefficient (Wildman–Crippen LogP) is 3.84. The molecule has 1 aromatic rings. The van der Waals surface area contributed by atoms with Crippen LogP contribution in [0, 0.1) is 24.7 Å². The molecule has 1 N–H and O–H groups in total. The third kappa shape index (κ3) is 4.71. The summed E-state index contributed by atoms with van der Waals surface area (Å²) in [6.45, 7) is 10.00. The van der Waals surface area contributed by atoms with E-state index in [0.29, 0.717) is 17.9 Å². The van der Waals surface area contributed by atoms with Crippen molar-refractivity contribution in [1.29, 1.82) is 0 Å². The van der Waals surface area contributed by atoms with Crippen molar-refractivity contribution in [1.82, 2.24) is 10.2 Å². The minimum absolute atomic E-state index is 0.276. The molecule has 1 amide bonds. The minimum Gasteiger partial charge on any atom is -0.369 e. The molecule has 0 spiro atoms. The van der Waals surface area contributed by atoms with Crippen molar-refractivity contribution in [2.45, 2.75) is 58.4 Å². The zero-order valence-electron chi connectivity index (χ0n) is 17.7. The summed E-state index contributed by atoms with van der Waals surface area (Å²) in [5.41, 5.74) is 2.74. The number of benzene rings is 1. The molecule has 1 aromatic carbocycles. The van der Waals surface area contributed by atoms with E-state index in [4.69, 9.17) is 0 Å². The Balaban J connectivity index is 1.17. The second-order valence-corrected chi connectivity index (χ2v) is 9.31. The van der Waals surface area contributed by atoms with Gasteiger partial charge in [0.25, 0.3) is 0 Å². The summed E-state index contributed by atoms with van der Waals surface area (Å²) in [7, 11) is 0. The highest BCUT2D eigenvalue weighted by Crippen LogP contribution is 2.40. The monoisotopic (exact) mass is 383 g/mol. The number of rotatable bonds is 6. The topological polar surface area (TPSA) is 35.6 Å². The summed E-state index contributed by atoms with van der Waals surface area (Å²) in [5.74, 6) is 2.08. The number of nitrogens with one attached hydrogen (secondary N) is 1. The second kappa shape index (κ2) is 8.86. The van der Waals surface area contributed by atoms with Gasteiger partial charge in [0.2, 0.25) is 5.91 Å². The Bertz CT molecular complexity index is 660. The second-order valence-electron chi connectivity index (χ2n) is 9.31. The van der Waals surface area contributed by atoms with Gasteiger partial charge in [0, 0.05) is 50.4 Å². The van der Waals surface area contributed by atoms with E-state index in [1.807, 2.05) is 0 Å². The van der Waals surface area contributed by atoms with Crippen LogP contribution in [0.5, 0.6) is 0 Å². The average Bonchev–Trinajstić information content (AvgIpc) is 3.49. The fourth-order valence-corrected chi connectivity index (χ4v) is 5.21. The van der Waals surface area contributed by atoms with Crippen LogP contribution >= 0.6 is 0 Å². The van der Waals surface area contributed by atoms with Crippen LogP contribution in [0.25, 0.3) is 0 Å². The zero-order chi connectivity index (χ0) is 19.5. The van der Waals surface area contributed by atoms with E-state index >= 15 is 0 Å². The first kappa shape index (κ1) is 19.8. The fourth-order valence-electron chi connectivity index (χ4n) is 5.21. The number of para-hydroxylation sites is 1. The summed E-state index contributed by atoms with van der Waals surface area (Å²) in [4.78, 5) is 17.7. The largest absolute Gasteiger partial charge is 0.369 e. The first-order chi connectivity index (χ1) is 13.6. The molecule has 154 valence electrons. The highest BCUT2D eigenvalue weighted by Gasteiger charge is 2.44. The molecular formula is C24H37N3O. The smallest absolute Gasteiger partial charge is 0.223 e. The zero-order valence-corrected chi connectivity index (χ0v) is 17.7. The van der Waals surface area contributed by atoms with Gasteiger partial charge in [-0.3, -0.25) is 9.69 Å². The molecule has 2 aliphatic carbocycles. The lowest BCUT2D eigenvalue weighted by Gasteiger charge is -2.37. The Morgan fingerprint density at radius 2 is 1.79 bits per heavy atom. The fraction of sp³-hybridized carbons (Fsp3) is 0.708. The quantitative estimate of drug-likeness (QED) is 0.811. The molecule has 2 saturated carbocycles. The molecule has 2 atom stereocenters. The normalized spacial score (nSPS) is 30.9. The van der Waals surface area contributed by atoms with Gasteiger partial charge in [0.1, 0.15) is 0 Å². The number of carbonyl (C=O) groups is 1. The molecule has 4 rings (SSSR count). The van der Waals surface area contributed by atoms with Crippen LogP contribution in [0.4, 0.5) is 5.69 Å². The van der Waals surface area contributed by atoms with E-state index in [2.05, 4.69) is 53.2 Å². The van der Waals surface area contributed by atoms with Crippen molar-refractivity contribution < 1.29 is 4.79 Å². The van der Waals surface area contributed by atoms with Crippen LogP contribution in [-0.4, -0.2) is 49.6 Å². The van der Waals surface area contributed by atoms with Crippen LogP contribution in [0.15, 0.2) is 24.3 Å². The Morgan fingerprint density at radius 1 is 1.07 bits per heavy atom. The van der Waals surface area contributed by atoms with Crippen molar-refractivity contribution in [3.8, 4) is 0 Å². The van der Waals surface area contributed by atoms with Gasteiger partial charge in [-0.25, -0.2) is 0 Å². The summed E-state index contributed by atoms with van der Waals surface area (Å²) in [5, 5.41) is 3.36. The van der Waals surface area contributed by atoms with E-state index < -0.39 is 0 Å². The minimum atomic E-state index is 0.276. The van der Waals surface area contributed by atoms with Crippen molar-refractivity contribution >= 4 is 11.6 Å². The molecule has 3 aliphatic rings. The number of hydrogen-bond acceptors (Lipinski definition) is 3. The molecule has 3 fully saturated rings. The lowest BCUT2D eigenvalue weighted by atomic mass is 9.84. The van der Waals surface area contributed by atoms with Crippen molar-refractivity contribution in [3.63, 3.8) is 0 Å². The van der Waals surface area contributed by atoms with E-state index in [0.717, 1.165) is 45.1 Å². The van der Waals surface area contributed by atoms with Gasteiger partial charge in [-0.05, 0) is 62.5 Å². The summed E-state index contributed by atoms with van der Waals surface area (Å²) in [6, 6.07) is 9.12. The van der Waals surface area contributed by atoms with Gasteiger partial charge < -0.3 is 10.2 Å². The molecule has 2 unspecified atom stereocenters. The van der Waals surface area contributed by atoms with Gasteiger partial charge in [0.15, 0.2) is 0 Å². The van der Waals surface area contributed by atoms with Crippen molar-refractivity contribution in [3.05, 3.63) is 29.8 Å². The highest BCUT2D eigenvalue weighted by atomic mass is 16.2. The van der Waals surface area contributed by atoms with Gasteiger partial charge in [-0.2, -0.15) is 0 Å². The molecule has 1 saturated heterocycles. The third-order valence-electron chi connectivity index (χ3n) is 7.35. The lowest BCUT2D eigenvalue weighted by Crippen LogP contribution is -2.47. The van der Waals surface area contributed by atoms with Gasteiger partial charge in [0.05, 0.1) is 0 Å². The Morgan fingerprint density at radius 3 is 2.46 bits per heavy atom. The number of aryl methyl sites for hydroxylation is 1. The Hall–Kier alpha value is -1.55. The van der Waals surface area contributed by atoms with E-state index in [1.54, 1.807) is 0 Å². The standard InChI is InChI=1S/C24H37N3O/c1-3-19-8-10-21(11-9-19)25-24(28)22-16-20(22)17-26-12-14-27(15-13-26)23-7-5-4-6-18(23)2/h4-7,19-22H,3,8-17H2,1-2H3,(H,25,28). The Labute approximate surface area is 170 Å². The molecule has 4 nitrogen and oxygen atoms in total. The maximum Gasteiger partial charge on any atom is 0.223 e. The molecule has 4 heteroatoms. The predicted molar refractivity (Wildman–Crippen MR) is 116 cm³/mol. The summed E-state index contributed by atoms with van der Waals surface area (Å²) < 4.78 is 0. The van der Waals surface area contributed by atoms with E-state index in [9.17, 15) is 4.79 Å². The number of piperazine rings is 1. The maximum absolute atomic E-state index is 12.6. The lowest BCUT2D eigenvalue weighted by molar-refractivity contribution is -0.123. The van der Waals surface area contributed by atoms with Crippen LogP contribution in [0.2, 0.25) is 0 Å². The first-order valence-electron chi connectivity index (χ1n) is 11.5. The van der Waals surface area contributed by atoms with Gasteiger partial charge in [-0.15, -0.1) is 0 Å². The molecule has 0 radical (unpaired) electrons. The van der Waals surface area contributed by atoms with Crippen molar-refractivity contribution in [2.75, 3.05) is 37.6 Å². The highest BCUT2D eigenvalue weighted by molar-refractivity contribution is 5.81. The molecule has 0 bridgehead atoms. The summed E-state index contributed by atoms with van der Waals surface area (Å²) in [6.07, 6.45) is 7.34. The number of anilines is 1. The number of hydrogen-bond donors (Lipinski definition) is 1. The van der Waals surface area contributed by atoms with E-state index in [-0.39, 0.29) is 5.92 Å². The van der Waals surface area contributed by atoms with Crippen LogP contribution in [-0.2, 0) is 4.79 Å². The SMILES string of the molecule is CCC1CCC(NC(=O)C2CC2CN2CCN(c3ccccc3C)CC2)CC1. The Kier molecular flexibility index (Phi) is 6.25. The summed E-state index contributed by atoms with van der Waals surface area (Å²) >= 11 is 0. The van der Waals surface area contributed by atoms with E-state index in [1.165, 1.54) is 43.4 Å². The molecule has 28 heavy (non-hydrogen) atoms.